The summed E-state index contributed by atoms with van der Waals surface area (Å²) in [7, 11) is 1.75. The molecule has 4 heteroatoms. The van der Waals surface area contributed by atoms with Crippen LogP contribution < -0.4 is 0 Å². The topological polar surface area (TPSA) is 36.9 Å². The van der Waals surface area contributed by atoms with Gasteiger partial charge in [0, 0.05) is 38.1 Å². The van der Waals surface area contributed by atoms with Crippen LogP contribution in [0.1, 0.15) is 27.2 Å². The lowest BCUT2D eigenvalue weighted by Gasteiger charge is -2.27. The maximum absolute atomic E-state index is 5.98. The van der Waals surface area contributed by atoms with Gasteiger partial charge in [-0.25, -0.2) is 0 Å². The molecule has 1 heterocycles. The Bertz CT molecular complexity index is 222. The Balaban J connectivity index is 2.48. The van der Waals surface area contributed by atoms with Crippen LogP contribution in [0.5, 0.6) is 0 Å². The van der Waals surface area contributed by atoms with Crippen molar-refractivity contribution in [1.29, 1.82) is 0 Å². The fourth-order valence-electron chi connectivity index (χ4n) is 2.72. The molecule has 0 bridgehead atoms. The van der Waals surface area contributed by atoms with Crippen molar-refractivity contribution in [2.24, 2.45) is 17.8 Å². The lowest BCUT2D eigenvalue weighted by molar-refractivity contribution is -0.0167. The van der Waals surface area contributed by atoms with Crippen LogP contribution in [0.3, 0.4) is 0 Å². The second kappa shape index (κ2) is 9.70. The third kappa shape index (κ3) is 5.38. The minimum absolute atomic E-state index is 0.226. The van der Waals surface area contributed by atoms with E-state index in [0.717, 1.165) is 46.1 Å². The number of hydrogen-bond acceptors (Lipinski definition) is 4. The van der Waals surface area contributed by atoms with Gasteiger partial charge >= 0.3 is 0 Å². The predicted molar refractivity (Wildman–Crippen MR) is 75.4 cm³/mol. The Morgan fingerprint density at radius 1 is 1.21 bits per heavy atom. The average Bonchev–Trinajstić information content (AvgIpc) is 2.80. The van der Waals surface area contributed by atoms with Gasteiger partial charge in [0.15, 0.2) is 0 Å². The molecule has 0 spiro atoms. The highest BCUT2D eigenvalue weighted by Gasteiger charge is 2.40. The highest BCUT2D eigenvalue weighted by Crippen LogP contribution is 2.32. The largest absolute Gasteiger partial charge is 0.384 e. The fourth-order valence-corrected chi connectivity index (χ4v) is 2.72. The number of hydrogen-bond donors (Lipinski definition) is 0. The average molecular weight is 274 g/mol. The molecule has 0 aromatic rings. The second-order valence-corrected chi connectivity index (χ2v) is 5.39. The molecular formula is C15H30O4. The number of rotatable bonds is 10. The van der Waals surface area contributed by atoms with Crippen LogP contribution in [-0.2, 0) is 18.9 Å². The summed E-state index contributed by atoms with van der Waals surface area (Å²) in [5.74, 6) is 1.26. The number of methoxy groups -OCH3 is 1. The molecule has 4 nitrogen and oxygen atoms in total. The molecule has 1 saturated heterocycles. The zero-order valence-corrected chi connectivity index (χ0v) is 12.9. The summed E-state index contributed by atoms with van der Waals surface area (Å²) in [5.41, 5.74) is 0. The van der Waals surface area contributed by atoms with Gasteiger partial charge in [0.1, 0.15) is 0 Å². The third-order valence-corrected chi connectivity index (χ3v) is 3.72. The van der Waals surface area contributed by atoms with Crippen LogP contribution in [0.15, 0.2) is 0 Å². The van der Waals surface area contributed by atoms with Crippen LogP contribution in [-0.4, -0.2) is 52.9 Å². The Morgan fingerprint density at radius 3 is 2.63 bits per heavy atom. The molecule has 1 aliphatic rings. The second-order valence-electron chi connectivity index (χ2n) is 5.39. The standard InChI is InChI=1S/C15H30O4/c1-5-7-18-8-12(3)15-14(11-17-6-2)13(9-16-4)10-19-15/h12-15H,5-11H2,1-4H3. The van der Waals surface area contributed by atoms with Gasteiger partial charge in [-0.15, -0.1) is 0 Å². The monoisotopic (exact) mass is 274 g/mol. The zero-order valence-electron chi connectivity index (χ0n) is 12.9. The molecule has 0 radical (unpaired) electrons. The molecule has 0 aliphatic carbocycles. The van der Waals surface area contributed by atoms with Crippen molar-refractivity contribution in [3.8, 4) is 0 Å². The van der Waals surface area contributed by atoms with Gasteiger partial charge in [-0.1, -0.05) is 13.8 Å². The Labute approximate surface area is 117 Å². The van der Waals surface area contributed by atoms with E-state index in [0.29, 0.717) is 17.8 Å². The van der Waals surface area contributed by atoms with Crippen LogP contribution in [0.2, 0.25) is 0 Å². The van der Waals surface area contributed by atoms with Crippen molar-refractivity contribution in [3.63, 3.8) is 0 Å². The Morgan fingerprint density at radius 2 is 2.00 bits per heavy atom. The molecule has 1 fully saturated rings. The van der Waals surface area contributed by atoms with Gasteiger partial charge in [0.25, 0.3) is 0 Å². The van der Waals surface area contributed by atoms with E-state index < -0.39 is 0 Å². The van der Waals surface area contributed by atoms with E-state index in [1.165, 1.54) is 0 Å². The van der Waals surface area contributed by atoms with E-state index in [9.17, 15) is 0 Å². The fraction of sp³-hybridized carbons (Fsp3) is 1.00. The van der Waals surface area contributed by atoms with E-state index in [4.69, 9.17) is 18.9 Å². The quantitative estimate of drug-likeness (QED) is 0.573. The minimum atomic E-state index is 0.226. The first-order valence-corrected chi connectivity index (χ1v) is 7.50. The van der Waals surface area contributed by atoms with E-state index in [1.54, 1.807) is 7.11 Å². The molecule has 0 N–H and O–H groups in total. The molecule has 1 rings (SSSR count). The first kappa shape index (κ1) is 16.9. The van der Waals surface area contributed by atoms with Gasteiger partial charge in [0.05, 0.1) is 32.5 Å². The summed E-state index contributed by atoms with van der Waals surface area (Å²) in [4.78, 5) is 0. The minimum Gasteiger partial charge on any atom is -0.384 e. The number of ether oxygens (including phenoxy) is 4. The van der Waals surface area contributed by atoms with Gasteiger partial charge in [-0.05, 0) is 13.3 Å². The summed E-state index contributed by atoms with van der Waals surface area (Å²) < 4.78 is 22.6. The van der Waals surface area contributed by atoms with Gasteiger partial charge in [-0.3, -0.25) is 0 Å². The van der Waals surface area contributed by atoms with E-state index >= 15 is 0 Å². The lowest BCUT2D eigenvalue weighted by Crippen LogP contribution is -2.34. The first-order valence-electron chi connectivity index (χ1n) is 7.50. The molecule has 4 unspecified atom stereocenters. The molecule has 0 aromatic carbocycles. The molecule has 114 valence electrons. The lowest BCUT2D eigenvalue weighted by atomic mass is 9.86. The van der Waals surface area contributed by atoms with Gasteiger partial charge in [-0.2, -0.15) is 0 Å². The SMILES string of the molecule is CCCOCC(C)C1OCC(COC)C1COCC. The van der Waals surface area contributed by atoms with E-state index in [1.807, 2.05) is 6.92 Å². The molecule has 0 saturated carbocycles. The summed E-state index contributed by atoms with van der Waals surface area (Å²) in [6.07, 6.45) is 1.29. The van der Waals surface area contributed by atoms with Crippen LogP contribution in [0.4, 0.5) is 0 Å². The van der Waals surface area contributed by atoms with Gasteiger partial charge < -0.3 is 18.9 Å². The van der Waals surface area contributed by atoms with Crippen molar-refractivity contribution < 1.29 is 18.9 Å². The highest BCUT2D eigenvalue weighted by molar-refractivity contribution is 4.86. The zero-order chi connectivity index (χ0) is 14.1. The van der Waals surface area contributed by atoms with Crippen LogP contribution in [0, 0.1) is 17.8 Å². The van der Waals surface area contributed by atoms with Crippen molar-refractivity contribution in [2.75, 3.05) is 46.8 Å². The van der Waals surface area contributed by atoms with Crippen molar-refractivity contribution in [1.82, 2.24) is 0 Å². The molecule has 19 heavy (non-hydrogen) atoms. The molecule has 0 amide bonds. The first-order chi connectivity index (χ1) is 9.24. The summed E-state index contributed by atoms with van der Waals surface area (Å²) in [5, 5.41) is 0. The Kier molecular flexibility index (Phi) is 8.62. The Hall–Kier alpha value is -0.160. The molecule has 0 aromatic heterocycles. The molecule has 1 aliphatic heterocycles. The van der Waals surface area contributed by atoms with Crippen molar-refractivity contribution >= 4 is 0 Å². The summed E-state index contributed by atoms with van der Waals surface area (Å²) in [6.45, 7) is 11.0. The predicted octanol–water partition coefficient (Wildman–Crippen LogP) is 2.36. The third-order valence-electron chi connectivity index (χ3n) is 3.72. The molecule has 4 atom stereocenters. The van der Waals surface area contributed by atoms with Crippen molar-refractivity contribution in [2.45, 2.75) is 33.3 Å². The smallest absolute Gasteiger partial charge is 0.0677 e. The van der Waals surface area contributed by atoms with Crippen LogP contribution in [0.25, 0.3) is 0 Å². The van der Waals surface area contributed by atoms with E-state index in [-0.39, 0.29) is 6.10 Å². The summed E-state index contributed by atoms with van der Waals surface area (Å²) >= 11 is 0. The van der Waals surface area contributed by atoms with E-state index in [2.05, 4.69) is 13.8 Å². The van der Waals surface area contributed by atoms with Crippen LogP contribution >= 0.6 is 0 Å². The summed E-state index contributed by atoms with van der Waals surface area (Å²) in [6, 6.07) is 0. The highest BCUT2D eigenvalue weighted by atomic mass is 16.5. The van der Waals surface area contributed by atoms with Gasteiger partial charge in [0.2, 0.25) is 0 Å². The normalized spacial score (nSPS) is 28.7. The van der Waals surface area contributed by atoms with Crippen molar-refractivity contribution in [3.05, 3.63) is 0 Å². The molecular weight excluding hydrogens is 244 g/mol. The maximum Gasteiger partial charge on any atom is 0.0677 e. The maximum atomic E-state index is 5.98.